The minimum absolute atomic E-state index is 0.177. The van der Waals surface area contributed by atoms with Crippen molar-refractivity contribution in [1.82, 2.24) is 25.5 Å². The van der Waals surface area contributed by atoms with Crippen LogP contribution in [0.2, 0.25) is 5.15 Å². The molecule has 1 atom stereocenters. The zero-order chi connectivity index (χ0) is 23.7. The molecule has 3 aromatic carbocycles. The van der Waals surface area contributed by atoms with Gasteiger partial charge in [-0.2, -0.15) is 5.10 Å². The first-order valence-corrected chi connectivity index (χ1v) is 11.3. The number of anilines is 1. The molecule has 2 aromatic heterocycles. The molecule has 2 heterocycles. The van der Waals surface area contributed by atoms with Gasteiger partial charge in [-0.1, -0.05) is 65.7 Å². The monoisotopic (exact) mass is 470 g/mol. The zero-order valence-electron chi connectivity index (χ0n) is 18.5. The number of aromatic nitrogens is 4. The number of halogens is 1. The molecule has 1 amide bonds. The molecule has 0 bridgehead atoms. The third kappa shape index (κ3) is 4.38. The Morgan fingerprint density at radius 3 is 2.62 bits per heavy atom. The second-order valence-corrected chi connectivity index (χ2v) is 8.61. The number of H-pyrrole nitrogens is 2. The highest BCUT2D eigenvalue weighted by Crippen LogP contribution is 2.31. The number of hydrogen-bond donors (Lipinski definition) is 4. The molecule has 0 radical (unpaired) electrons. The van der Waals surface area contributed by atoms with Crippen molar-refractivity contribution >= 4 is 34.2 Å². The van der Waals surface area contributed by atoms with E-state index in [2.05, 4.69) is 20.5 Å². The summed E-state index contributed by atoms with van der Waals surface area (Å²) in [5.74, 6) is 0.843. The van der Waals surface area contributed by atoms with Crippen LogP contribution in [0.15, 0.2) is 72.8 Å². The maximum Gasteiger partial charge on any atom is 0.251 e. The SMILES string of the molecule is Cc1ccc(C(=O)N[C@@H](Cc2ccccc2)c2nc(-c3ccc4c(N)n[nH]c4c3)c(Cl)[nH]2)cc1. The molecule has 0 fully saturated rings. The van der Waals surface area contributed by atoms with Gasteiger partial charge in [-0.25, -0.2) is 4.98 Å². The minimum atomic E-state index is -0.408. The lowest BCUT2D eigenvalue weighted by Gasteiger charge is -2.17. The van der Waals surface area contributed by atoms with Crippen LogP contribution in [-0.2, 0) is 6.42 Å². The molecule has 0 saturated carbocycles. The van der Waals surface area contributed by atoms with E-state index in [0.717, 1.165) is 27.6 Å². The number of nitrogens with zero attached hydrogens (tertiary/aromatic N) is 2. The molecule has 5 aromatic rings. The van der Waals surface area contributed by atoms with E-state index < -0.39 is 6.04 Å². The summed E-state index contributed by atoms with van der Waals surface area (Å²) in [6.45, 7) is 1.99. The Kier molecular flexibility index (Phi) is 5.77. The van der Waals surface area contributed by atoms with E-state index >= 15 is 0 Å². The topological polar surface area (TPSA) is 112 Å². The fraction of sp³-hybridized carbons (Fsp3) is 0.115. The molecule has 0 aliphatic heterocycles. The standard InChI is InChI=1S/C26H23ClN6O/c1-15-7-9-17(10-8-15)26(34)29-21(13-16-5-3-2-4-6-16)25-30-22(23(27)31-25)18-11-12-19-20(14-18)32-33-24(19)28/h2-12,14,21H,13H2,1H3,(H,29,34)(H,30,31)(H3,28,32,33)/t21-/m0/s1. The molecule has 8 heteroatoms. The number of nitrogens with one attached hydrogen (secondary N) is 3. The van der Waals surface area contributed by atoms with Gasteiger partial charge in [-0.15, -0.1) is 0 Å². The molecule has 0 aliphatic rings. The fourth-order valence-corrected chi connectivity index (χ4v) is 4.17. The second kappa shape index (κ2) is 9.03. The second-order valence-electron chi connectivity index (χ2n) is 8.24. The molecule has 0 saturated heterocycles. The van der Waals surface area contributed by atoms with Crippen LogP contribution in [0.4, 0.5) is 5.82 Å². The van der Waals surface area contributed by atoms with Crippen LogP contribution in [0.5, 0.6) is 0 Å². The van der Waals surface area contributed by atoms with Crippen molar-refractivity contribution in [3.05, 3.63) is 100 Å². The Morgan fingerprint density at radius 2 is 1.85 bits per heavy atom. The van der Waals surface area contributed by atoms with Gasteiger partial charge in [0, 0.05) is 16.5 Å². The maximum atomic E-state index is 13.0. The predicted molar refractivity (Wildman–Crippen MR) is 135 cm³/mol. The van der Waals surface area contributed by atoms with Crippen LogP contribution < -0.4 is 11.1 Å². The highest BCUT2D eigenvalue weighted by atomic mass is 35.5. The minimum Gasteiger partial charge on any atom is -0.382 e. The summed E-state index contributed by atoms with van der Waals surface area (Å²) >= 11 is 6.57. The van der Waals surface area contributed by atoms with Gasteiger partial charge in [0.2, 0.25) is 0 Å². The maximum absolute atomic E-state index is 13.0. The highest BCUT2D eigenvalue weighted by Gasteiger charge is 2.22. The Balaban J connectivity index is 1.48. The molecule has 0 spiro atoms. The van der Waals surface area contributed by atoms with Crippen molar-refractivity contribution in [2.24, 2.45) is 0 Å². The molecule has 0 unspecified atom stereocenters. The molecule has 0 aliphatic carbocycles. The van der Waals surface area contributed by atoms with Crippen molar-refractivity contribution < 1.29 is 4.79 Å². The van der Waals surface area contributed by atoms with E-state index in [1.807, 2.05) is 79.7 Å². The first-order valence-electron chi connectivity index (χ1n) is 10.9. The molecule has 34 heavy (non-hydrogen) atoms. The summed E-state index contributed by atoms with van der Waals surface area (Å²) in [6.07, 6.45) is 0.553. The summed E-state index contributed by atoms with van der Waals surface area (Å²) in [4.78, 5) is 21.0. The van der Waals surface area contributed by atoms with Gasteiger partial charge in [-0.05, 0) is 43.2 Å². The molecule has 5 rings (SSSR count). The third-order valence-electron chi connectivity index (χ3n) is 5.78. The number of nitrogens with two attached hydrogens (primary N) is 1. The lowest BCUT2D eigenvalue weighted by atomic mass is 10.0. The lowest BCUT2D eigenvalue weighted by Crippen LogP contribution is -2.30. The summed E-state index contributed by atoms with van der Waals surface area (Å²) in [7, 11) is 0. The van der Waals surface area contributed by atoms with E-state index in [9.17, 15) is 4.79 Å². The molecular weight excluding hydrogens is 448 g/mol. The Bertz CT molecular complexity index is 1460. The van der Waals surface area contributed by atoms with Crippen LogP contribution in [0, 0.1) is 6.92 Å². The number of aromatic amines is 2. The zero-order valence-corrected chi connectivity index (χ0v) is 19.2. The van der Waals surface area contributed by atoms with Gasteiger partial charge in [0.1, 0.15) is 16.7 Å². The molecule has 170 valence electrons. The van der Waals surface area contributed by atoms with Crippen LogP contribution in [0.25, 0.3) is 22.2 Å². The van der Waals surface area contributed by atoms with Gasteiger partial charge >= 0.3 is 0 Å². The van der Waals surface area contributed by atoms with Gasteiger partial charge in [0.05, 0.1) is 11.6 Å². The number of carbonyl (C=O) groups is 1. The number of carbonyl (C=O) groups excluding carboxylic acids is 1. The Morgan fingerprint density at radius 1 is 1.09 bits per heavy atom. The quantitative estimate of drug-likeness (QED) is 0.273. The number of rotatable bonds is 6. The average Bonchev–Trinajstić information content (AvgIpc) is 3.42. The number of aryl methyl sites for hydroxylation is 1. The fourth-order valence-electron chi connectivity index (χ4n) is 3.93. The number of imidazole rings is 1. The summed E-state index contributed by atoms with van der Waals surface area (Å²) in [5.41, 5.74) is 10.8. The lowest BCUT2D eigenvalue weighted by molar-refractivity contribution is 0.0935. The van der Waals surface area contributed by atoms with Gasteiger partial charge in [0.25, 0.3) is 5.91 Å². The van der Waals surface area contributed by atoms with E-state index in [-0.39, 0.29) is 5.91 Å². The number of amides is 1. The van der Waals surface area contributed by atoms with Crippen molar-refractivity contribution in [3.63, 3.8) is 0 Å². The van der Waals surface area contributed by atoms with Crippen molar-refractivity contribution in [1.29, 1.82) is 0 Å². The first kappa shape index (κ1) is 21.7. The van der Waals surface area contributed by atoms with Crippen molar-refractivity contribution in [2.75, 3.05) is 5.73 Å². The average molecular weight is 471 g/mol. The summed E-state index contributed by atoms with van der Waals surface area (Å²) < 4.78 is 0. The van der Waals surface area contributed by atoms with Gasteiger partial charge in [-0.3, -0.25) is 9.89 Å². The molecule has 7 nitrogen and oxygen atoms in total. The van der Waals surface area contributed by atoms with Crippen LogP contribution >= 0.6 is 11.6 Å². The predicted octanol–water partition coefficient (Wildman–Crippen LogP) is 5.21. The summed E-state index contributed by atoms with van der Waals surface area (Å²) in [5, 5.41) is 11.3. The Hall–Kier alpha value is -4.10. The number of benzene rings is 3. The van der Waals surface area contributed by atoms with Gasteiger partial charge < -0.3 is 16.0 Å². The first-order chi connectivity index (χ1) is 16.5. The molecular formula is C26H23ClN6O. The van der Waals surface area contributed by atoms with E-state index in [1.165, 1.54) is 0 Å². The smallest absolute Gasteiger partial charge is 0.251 e. The largest absolute Gasteiger partial charge is 0.382 e. The van der Waals surface area contributed by atoms with E-state index in [4.69, 9.17) is 22.3 Å². The summed E-state index contributed by atoms with van der Waals surface area (Å²) in [6, 6.07) is 22.7. The van der Waals surface area contributed by atoms with Crippen molar-refractivity contribution in [2.45, 2.75) is 19.4 Å². The number of fused-ring (bicyclic) bond motifs is 1. The van der Waals surface area contributed by atoms with Crippen molar-refractivity contribution in [3.8, 4) is 11.3 Å². The van der Waals surface area contributed by atoms with Crippen LogP contribution in [0.3, 0.4) is 0 Å². The Labute approximate surface area is 201 Å². The van der Waals surface area contributed by atoms with E-state index in [1.54, 1.807) is 0 Å². The van der Waals surface area contributed by atoms with E-state index in [0.29, 0.717) is 34.5 Å². The third-order valence-corrected chi connectivity index (χ3v) is 6.05. The highest BCUT2D eigenvalue weighted by molar-refractivity contribution is 6.32. The normalized spacial score (nSPS) is 12.1. The number of hydrogen-bond acceptors (Lipinski definition) is 4. The van der Waals surface area contributed by atoms with Gasteiger partial charge in [0.15, 0.2) is 5.82 Å². The van der Waals surface area contributed by atoms with Crippen LogP contribution in [0.1, 0.15) is 33.4 Å². The number of nitrogen functional groups attached to an aromatic ring is 1. The molecule has 5 N–H and O–H groups in total. The van der Waals surface area contributed by atoms with Crippen LogP contribution in [-0.4, -0.2) is 26.1 Å².